The lowest BCUT2D eigenvalue weighted by Gasteiger charge is -2.50. The number of hydrogen-bond acceptors (Lipinski definition) is 1. The van der Waals surface area contributed by atoms with Crippen molar-refractivity contribution >= 4 is 17.3 Å². The molecular weight excluding hydrogens is 614 g/mol. The van der Waals surface area contributed by atoms with E-state index in [0.717, 1.165) is 28.3 Å². The molecule has 1 fully saturated rings. The van der Waals surface area contributed by atoms with Crippen molar-refractivity contribution in [3.63, 3.8) is 0 Å². The molecule has 1 saturated carbocycles. The smallest absolute Gasteiger partial charge is 0.0588 e. The van der Waals surface area contributed by atoms with Crippen LogP contribution in [0.5, 0.6) is 0 Å². The SMILES string of the molecule is C/C=C\C=C=C(C)/C(C)=C(/C(=C\C(C)C(C)(C)C)[C@@]1(C)C=CC=CC1)N(c1cc(C)cc(Cl)c1)C1C=C2C(=C[C@H]1C)C(C)(C)CCC2(C)C. The highest BCUT2D eigenvalue weighted by atomic mass is 35.5. The van der Waals surface area contributed by atoms with Crippen LogP contribution in [-0.4, -0.2) is 6.04 Å². The van der Waals surface area contributed by atoms with E-state index in [1.165, 1.54) is 40.8 Å². The second-order valence-corrected chi connectivity index (χ2v) is 18.2. The molecule has 1 aromatic carbocycles. The molecule has 0 bridgehead atoms. The molecule has 2 unspecified atom stereocenters. The topological polar surface area (TPSA) is 3.24 Å². The van der Waals surface area contributed by atoms with Crippen molar-refractivity contribution in [2.75, 3.05) is 4.90 Å². The highest BCUT2D eigenvalue weighted by Crippen LogP contribution is 2.55. The quantitative estimate of drug-likeness (QED) is 0.195. The van der Waals surface area contributed by atoms with Crippen LogP contribution in [-0.2, 0) is 0 Å². The third kappa shape index (κ3) is 8.49. The summed E-state index contributed by atoms with van der Waals surface area (Å²) in [5.74, 6) is 0.603. The molecule has 264 valence electrons. The average Bonchev–Trinajstić information content (AvgIpc) is 3.00. The maximum atomic E-state index is 6.96. The normalized spacial score (nSPS) is 25.9. The Hall–Kier alpha value is -2.99. The standard InChI is InChI=1S/C47H64ClN/c1-15-16-18-21-33(3)36(6)43(41(29-35(5)44(7,8)9)47(14)22-19-17-20-23-47)49(38-27-32(2)26-37(48)30-38)42-31-40-39(28-34(42)4)45(10,11)24-25-46(40,12)13/h15-20,22,26-31,34-35,42H,23-25H2,1-14H3/b16-15-,41-29+,43-36-/t21?,34-,35?,42?,47+/m1/s1. The van der Waals surface area contributed by atoms with Crippen LogP contribution in [0.25, 0.3) is 0 Å². The Morgan fingerprint density at radius 3 is 2.16 bits per heavy atom. The van der Waals surface area contributed by atoms with Gasteiger partial charge in [0, 0.05) is 21.8 Å². The Bertz CT molecular complexity index is 1680. The van der Waals surface area contributed by atoms with E-state index >= 15 is 0 Å². The predicted molar refractivity (Wildman–Crippen MR) is 217 cm³/mol. The zero-order chi connectivity index (χ0) is 36.5. The summed E-state index contributed by atoms with van der Waals surface area (Å²) in [6.45, 7) is 32.8. The third-order valence-corrected chi connectivity index (χ3v) is 11.9. The largest absolute Gasteiger partial charge is 0.333 e. The minimum atomic E-state index is -0.206. The van der Waals surface area contributed by atoms with Gasteiger partial charge in [-0.2, -0.15) is 0 Å². The molecule has 0 radical (unpaired) electrons. The number of benzene rings is 1. The molecule has 1 nitrogen and oxygen atoms in total. The van der Waals surface area contributed by atoms with E-state index in [2.05, 4.69) is 180 Å². The summed E-state index contributed by atoms with van der Waals surface area (Å²) in [5.41, 5.74) is 14.1. The molecule has 2 heteroatoms. The fraction of sp³-hybridized carbons (Fsp3) is 0.511. The summed E-state index contributed by atoms with van der Waals surface area (Å²) in [7, 11) is 0. The van der Waals surface area contributed by atoms with E-state index in [-0.39, 0.29) is 33.6 Å². The number of hydrogen-bond donors (Lipinski definition) is 0. The van der Waals surface area contributed by atoms with Crippen LogP contribution in [0, 0.1) is 40.4 Å². The molecule has 0 heterocycles. The van der Waals surface area contributed by atoms with Crippen molar-refractivity contribution in [3.05, 3.63) is 129 Å². The van der Waals surface area contributed by atoms with Gasteiger partial charge in [0.25, 0.3) is 0 Å². The molecule has 4 atom stereocenters. The Labute approximate surface area is 305 Å². The maximum Gasteiger partial charge on any atom is 0.0588 e. The number of anilines is 1. The third-order valence-electron chi connectivity index (χ3n) is 11.7. The van der Waals surface area contributed by atoms with Gasteiger partial charge in [-0.05, 0) is 133 Å². The van der Waals surface area contributed by atoms with Gasteiger partial charge < -0.3 is 4.90 Å². The van der Waals surface area contributed by atoms with Gasteiger partial charge in [-0.1, -0.05) is 136 Å². The summed E-state index contributed by atoms with van der Waals surface area (Å²) in [4.78, 5) is 2.66. The Balaban J connectivity index is 2.19. The first-order valence-corrected chi connectivity index (χ1v) is 18.9. The summed E-state index contributed by atoms with van der Waals surface area (Å²) in [6.07, 6.45) is 26.5. The molecule has 1 aromatic rings. The van der Waals surface area contributed by atoms with Crippen LogP contribution in [0.1, 0.15) is 115 Å². The highest BCUT2D eigenvalue weighted by Gasteiger charge is 2.45. The molecule has 3 aliphatic rings. The number of nitrogens with zero attached hydrogens (tertiary/aromatic N) is 1. The van der Waals surface area contributed by atoms with Gasteiger partial charge in [-0.25, -0.2) is 0 Å². The summed E-state index contributed by atoms with van der Waals surface area (Å²) in [5, 5.41) is 0.768. The number of rotatable bonds is 8. The van der Waals surface area contributed by atoms with Gasteiger partial charge in [-0.15, -0.1) is 5.73 Å². The first-order valence-electron chi connectivity index (χ1n) is 18.6. The fourth-order valence-electron chi connectivity index (χ4n) is 7.59. The molecule has 49 heavy (non-hydrogen) atoms. The van der Waals surface area contributed by atoms with Crippen molar-refractivity contribution in [2.24, 2.45) is 33.5 Å². The molecule has 0 amide bonds. The lowest BCUT2D eigenvalue weighted by Crippen LogP contribution is -2.45. The van der Waals surface area contributed by atoms with Gasteiger partial charge in [0.15, 0.2) is 0 Å². The number of fused-ring (bicyclic) bond motifs is 1. The summed E-state index contributed by atoms with van der Waals surface area (Å²) in [6, 6.07) is 6.67. The van der Waals surface area contributed by atoms with Crippen LogP contribution < -0.4 is 4.90 Å². The van der Waals surface area contributed by atoms with E-state index < -0.39 is 0 Å². The molecule has 0 spiro atoms. The average molecular weight is 678 g/mol. The van der Waals surface area contributed by atoms with Crippen molar-refractivity contribution in [3.8, 4) is 0 Å². The van der Waals surface area contributed by atoms with Gasteiger partial charge in [0.1, 0.15) is 0 Å². The number of halogens is 1. The summed E-state index contributed by atoms with van der Waals surface area (Å²) < 4.78 is 0. The van der Waals surface area contributed by atoms with Gasteiger partial charge in [0.05, 0.1) is 6.04 Å². The molecule has 4 rings (SSSR count). The zero-order valence-corrected chi connectivity index (χ0v) is 33.9. The van der Waals surface area contributed by atoms with Crippen LogP contribution in [0.4, 0.5) is 5.69 Å². The molecule has 0 saturated heterocycles. The first-order chi connectivity index (χ1) is 22.7. The molecule has 0 N–H and O–H groups in total. The molecular formula is C47H64ClN. The fourth-order valence-corrected chi connectivity index (χ4v) is 7.87. The lowest BCUT2D eigenvalue weighted by molar-refractivity contribution is 0.252. The molecule has 0 aromatic heterocycles. The predicted octanol–water partition coefficient (Wildman–Crippen LogP) is 14.3. The maximum absolute atomic E-state index is 6.96. The van der Waals surface area contributed by atoms with Gasteiger partial charge in [0.2, 0.25) is 0 Å². The monoisotopic (exact) mass is 677 g/mol. The number of aryl methyl sites for hydroxylation is 1. The van der Waals surface area contributed by atoms with Crippen LogP contribution in [0.3, 0.4) is 0 Å². The van der Waals surface area contributed by atoms with E-state index in [0.29, 0.717) is 5.92 Å². The van der Waals surface area contributed by atoms with E-state index in [1.807, 2.05) is 6.08 Å². The van der Waals surface area contributed by atoms with E-state index in [4.69, 9.17) is 11.6 Å². The van der Waals surface area contributed by atoms with Crippen molar-refractivity contribution < 1.29 is 0 Å². The molecule has 3 aliphatic carbocycles. The van der Waals surface area contributed by atoms with E-state index in [9.17, 15) is 0 Å². The second kappa shape index (κ2) is 14.7. The lowest BCUT2D eigenvalue weighted by atomic mass is 9.58. The van der Waals surface area contributed by atoms with Crippen LogP contribution in [0.2, 0.25) is 5.02 Å². The second-order valence-electron chi connectivity index (χ2n) is 17.7. The Morgan fingerprint density at radius 1 is 0.980 bits per heavy atom. The van der Waals surface area contributed by atoms with Crippen LogP contribution >= 0.6 is 11.6 Å². The van der Waals surface area contributed by atoms with E-state index in [1.54, 1.807) is 0 Å². The van der Waals surface area contributed by atoms with Gasteiger partial charge >= 0.3 is 0 Å². The van der Waals surface area contributed by atoms with Crippen molar-refractivity contribution in [1.82, 2.24) is 0 Å². The minimum Gasteiger partial charge on any atom is -0.333 e. The van der Waals surface area contributed by atoms with Crippen molar-refractivity contribution in [1.29, 1.82) is 0 Å². The number of allylic oxidation sites excluding steroid dienone is 12. The van der Waals surface area contributed by atoms with Gasteiger partial charge in [-0.3, -0.25) is 0 Å². The first kappa shape index (κ1) is 38.8. The molecule has 0 aliphatic heterocycles. The Kier molecular flexibility index (Phi) is 11.6. The minimum absolute atomic E-state index is 0.0853. The Morgan fingerprint density at radius 2 is 1.61 bits per heavy atom. The highest BCUT2D eigenvalue weighted by molar-refractivity contribution is 6.31. The zero-order valence-electron chi connectivity index (χ0n) is 33.2. The van der Waals surface area contributed by atoms with Crippen LogP contribution in [0.15, 0.2) is 118 Å². The summed E-state index contributed by atoms with van der Waals surface area (Å²) >= 11 is 6.96. The van der Waals surface area contributed by atoms with Crippen molar-refractivity contribution in [2.45, 2.75) is 122 Å².